The standard InChI is InChI=1S/C24H28O6/c25-15-18-4-6-20(7-5-18)30-21-3-1-2-19(14-21)24-10-8-23(9-11-24,17-29-24)12-13-28-16-22(26)27/h1-7,14,25H,8-13,15-17H2,(H,26,27). The molecule has 6 heteroatoms. The zero-order valence-corrected chi connectivity index (χ0v) is 17.0. The molecule has 0 spiro atoms. The smallest absolute Gasteiger partial charge is 0.329 e. The second kappa shape index (κ2) is 8.76. The Morgan fingerprint density at radius 3 is 2.43 bits per heavy atom. The van der Waals surface area contributed by atoms with Gasteiger partial charge in [-0.1, -0.05) is 24.3 Å². The number of fused-ring (bicyclic) bond motifs is 3. The summed E-state index contributed by atoms with van der Waals surface area (Å²) >= 11 is 0. The molecular weight excluding hydrogens is 384 g/mol. The summed E-state index contributed by atoms with van der Waals surface area (Å²) < 4.78 is 17.7. The molecular formula is C24H28O6. The van der Waals surface area contributed by atoms with Crippen molar-refractivity contribution >= 4 is 5.97 Å². The van der Waals surface area contributed by atoms with Gasteiger partial charge in [0, 0.05) is 6.61 Å². The molecule has 1 aliphatic carbocycles. The quantitative estimate of drug-likeness (QED) is 0.599. The number of hydrogen-bond donors (Lipinski definition) is 2. The summed E-state index contributed by atoms with van der Waals surface area (Å²) in [6.45, 7) is 0.914. The predicted molar refractivity (Wildman–Crippen MR) is 110 cm³/mol. The molecule has 0 atom stereocenters. The Labute approximate surface area is 176 Å². The lowest BCUT2D eigenvalue weighted by Gasteiger charge is -2.53. The van der Waals surface area contributed by atoms with Crippen molar-refractivity contribution in [3.8, 4) is 11.5 Å². The molecule has 2 N–H and O–H groups in total. The average molecular weight is 412 g/mol. The molecule has 160 valence electrons. The molecule has 0 aromatic heterocycles. The van der Waals surface area contributed by atoms with Crippen molar-refractivity contribution in [1.29, 1.82) is 0 Å². The van der Waals surface area contributed by atoms with Crippen molar-refractivity contribution in [2.75, 3.05) is 19.8 Å². The molecule has 0 amide bonds. The van der Waals surface area contributed by atoms with E-state index in [0.29, 0.717) is 13.2 Å². The van der Waals surface area contributed by atoms with Gasteiger partial charge >= 0.3 is 5.97 Å². The highest BCUT2D eigenvalue weighted by Gasteiger charge is 2.50. The maximum absolute atomic E-state index is 10.6. The van der Waals surface area contributed by atoms with Crippen molar-refractivity contribution in [3.63, 3.8) is 0 Å². The Kier molecular flexibility index (Phi) is 6.09. The van der Waals surface area contributed by atoms with Crippen LogP contribution in [0.25, 0.3) is 0 Å². The fourth-order valence-electron chi connectivity index (χ4n) is 4.55. The van der Waals surface area contributed by atoms with Gasteiger partial charge in [-0.3, -0.25) is 0 Å². The first-order valence-electron chi connectivity index (χ1n) is 10.4. The highest BCUT2D eigenvalue weighted by molar-refractivity contribution is 5.67. The van der Waals surface area contributed by atoms with Gasteiger partial charge in [0.05, 0.1) is 18.8 Å². The summed E-state index contributed by atoms with van der Waals surface area (Å²) in [6, 6.07) is 15.5. The second-order valence-electron chi connectivity index (χ2n) is 8.41. The molecule has 6 nitrogen and oxygen atoms in total. The Bertz CT molecular complexity index is 851. The van der Waals surface area contributed by atoms with Crippen LogP contribution in [0, 0.1) is 5.41 Å². The largest absolute Gasteiger partial charge is 0.480 e. The Morgan fingerprint density at radius 2 is 1.80 bits per heavy atom. The number of aliphatic carboxylic acids is 1. The topological polar surface area (TPSA) is 85.2 Å². The van der Waals surface area contributed by atoms with Crippen LogP contribution in [-0.2, 0) is 26.5 Å². The molecule has 0 unspecified atom stereocenters. The maximum Gasteiger partial charge on any atom is 0.329 e. The van der Waals surface area contributed by atoms with Crippen LogP contribution in [-0.4, -0.2) is 36.0 Å². The summed E-state index contributed by atoms with van der Waals surface area (Å²) in [5.41, 5.74) is 1.82. The van der Waals surface area contributed by atoms with Gasteiger partial charge in [0.2, 0.25) is 0 Å². The van der Waals surface area contributed by atoms with Crippen LogP contribution < -0.4 is 4.74 Å². The number of carbonyl (C=O) groups is 1. The van der Waals surface area contributed by atoms with Crippen LogP contribution in [0.15, 0.2) is 48.5 Å². The molecule has 3 aliphatic rings. The predicted octanol–water partition coefficient (Wildman–Crippen LogP) is 4.25. The van der Waals surface area contributed by atoms with Crippen LogP contribution in [0.2, 0.25) is 0 Å². The number of rotatable bonds is 9. The molecule has 2 aromatic carbocycles. The first-order valence-corrected chi connectivity index (χ1v) is 10.4. The number of aliphatic hydroxyl groups is 1. The van der Waals surface area contributed by atoms with Gasteiger partial charge in [-0.2, -0.15) is 0 Å². The van der Waals surface area contributed by atoms with Crippen molar-refractivity contribution in [1.82, 2.24) is 0 Å². The minimum absolute atomic E-state index is 0.0167. The summed E-state index contributed by atoms with van der Waals surface area (Å²) in [7, 11) is 0. The van der Waals surface area contributed by atoms with Gasteiger partial charge in [0.1, 0.15) is 18.1 Å². The van der Waals surface area contributed by atoms with Gasteiger partial charge in [-0.05, 0) is 72.9 Å². The van der Waals surface area contributed by atoms with Gasteiger partial charge < -0.3 is 24.4 Å². The Hall–Kier alpha value is -2.41. The number of ether oxygens (including phenoxy) is 3. The zero-order chi connectivity index (χ0) is 21.0. The molecule has 2 aromatic rings. The van der Waals surface area contributed by atoms with Crippen molar-refractivity contribution in [3.05, 3.63) is 59.7 Å². The Balaban J connectivity index is 1.39. The first-order chi connectivity index (χ1) is 14.5. The molecule has 5 rings (SSSR count). The lowest BCUT2D eigenvalue weighted by atomic mass is 9.63. The zero-order valence-electron chi connectivity index (χ0n) is 17.0. The van der Waals surface area contributed by atoms with Crippen LogP contribution in [0.3, 0.4) is 0 Å². The molecule has 0 radical (unpaired) electrons. The second-order valence-corrected chi connectivity index (χ2v) is 8.41. The Morgan fingerprint density at radius 1 is 1.03 bits per heavy atom. The molecule has 2 heterocycles. The van der Waals surface area contributed by atoms with E-state index in [9.17, 15) is 9.90 Å². The molecule has 2 saturated heterocycles. The summed E-state index contributed by atoms with van der Waals surface area (Å²) in [4.78, 5) is 10.6. The van der Waals surface area contributed by atoms with E-state index < -0.39 is 5.97 Å². The fourth-order valence-corrected chi connectivity index (χ4v) is 4.55. The van der Waals surface area contributed by atoms with Gasteiger partial charge in [-0.25, -0.2) is 4.79 Å². The SMILES string of the molecule is O=C(O)COCCC12CCC(c3cccc(Oc4ccc(CO)cc4)c3)(CC1)OC2. The monoisotopic (exact) mass is 412 g/mol. The minimum Gasteiger partial charge on any atom is -0.480 e. The molecule has 30 heavy (non-hydrogen) atoms. The molecule has 2 bridgehead atoms. The van der Waals surface area contributed by atoms with E-state index in [0.717, 1.165) is 54.7 Å². The number of benzene rings is 2. The number of carboxylic acids is 1. The van der Waals surface area contributed by atoms with E-state index in [1.807, 2.05) is 36.4 Å². The third-order valence-corrected chi connectivity index (χ3v) is 6.48. The number of carboxylic acid groups (broad SMARTS) is 1. The van der Waals surface area contributed by atoms with E-state index in [1.54, 1.807) is 0 Å². The van der Waals surface area contributed by atoms with E-state index in [4.69, 9.17) is 19.3 Å². The van der Waals surface area contributed by atoms with Crippen LogP contribution >= 0.6 is 0 Å². The van der Waals surface area contributed by atoms with Crippen LogP contribution in [0.5, 0.6) is 11.5 Å². The van der Waals surface area contributed by atoms with Gasteiger partial charge in [0.15, 0.2) is 0 Å². The van der Waals surface area contributed by atoms with E-state index >= 15 is 0 Å². The molecule has 2 aliphatic heterocycles. The average Bonchev–Trinajstić information content (AvgIpc) is 2.79. The van der Waals surface area contributed by atoms with Crippen molar-refractivity contribution in [2.45, 2.75) is 44.3 Å². The van der Waals surface area contributed by atoms with E-state index in [-0.39, 0.29) is 24.2 Å². The lowest BCUT2D eigenvalue weighted by molar-refractivity contribution is -0.194. The normalized spacial score (nSPS) is 25.2. The summed E-state index contributed by atoms with van der Waals surface area (Å²) in [6.07, 6.45) is 4.83. The summed E-state index contributed by atoms with van der Waals surface area (Å²) in [5, 5.41) is 17.9. The van der Waals surface area contributed by atoms with E-state index in [1.165, 1.54) is 0 Å². The van der Waals surface area contributed by atoms with Crippen molar-refractivity contribution < 1.29 is 29.2 Å². The molecule has 3 fully saturated rings. The summed E-state index contributed by atoms with van der Waals surface area (Å²) in [5.74, 6) is 0.573. The third kappa shape index (κ3) is 4.51. The number of aliphatic hydroxyl groups excluding tert-OH is 1. The van der Waals surface area contributed by atoms with Gasteiger partial charge in [-0.15, -0.1) is 0 Å². The molecule has 1 saturated carbocycles. The van der Waals surface area contributed by atoms with Crippen LogP contribution in [0.1, 0.15) is 43.2 Å². The third-order valence-electron chi connectivity index (χ3n) is 6.48. The number of hydrogen-bond acceptors (Lipinski definition) is 5. The highest BCUT2D eigenvalue weighted by atomic mass is 16.5. The van der Waals surface area contributed by atoms with Gasteiger partial charge in [0.25, 0.3) is 0 Å². The first kappa shape index (κ1) is 20.8. The van der Waals surface area contributed by atoms with Crippen LogP contribution in [0.4, 0.5) is 0 Å². The lowest BCUT2D eigenvalue weighted by Crippen LogP contribution is -2.49. The van der Waals surface area contributed by atoms with E-state index in [2.05, 4.69) is 12.1 Å². The maximum atomic E-state index is 10.6. The fraction of sp³-hybridized carbons (Fsp3) is 0.458. The highest BCUT2D eigenvalue weighted by Crippen LogP contribution is 2.55. The minimum atomic E-state index is -0.929. The van der Waals surface area contributed by atoms with Crippen molar-refractivity contribution in [2.24, 2.45) is 5.41 Å².